The molecule has 0 bridgehead atoms. The first-order valence-electron chi connectivity index (χ1n) is 16.1. The van der Waals surface area contributed by atoms with Gasteiger partial charge in [-0.1, -0.05) is 40.5 Å². The molecule has 1 spiro atoms. The predicted octanol–water partition coefficient (Wildman–Crippen LogP) is 8.26. The van der Waals surface area contributed by atoms with Crippen molar-refractivity contribution in [2.75, 3.05) is 20.3 Å². The fourth-order valence-corrected chi connectivity index (χ4v) is 11.7. The summed E-state index contributed by atoms with van der Waals surface area (Å²) >= 11 is 0. The van der Waals surface area contributed by atoms with E-state index in [0.717, 1.165) is 55.1 Å². The van der Waals surface area contributed by atoms with Crippen molar-refractivity contribution in [1.29, 1.82) is 0 Å². The highest BCUT2D eigenvalue weighted by Crippen LogP contribution is 2.82. The lowest BCUT2D eigenvalue weighted by molar-refractivity contribution is -0.168. The van der Waals surface area contributed by atoms with Crippen molar-refractivity contribution in [2.45, 2.75) is 130 Å². The van der Waals surface area contributed by atoms with Crippen LogP contribution in [-0.4, -0.2) is 32.7 Å². The summed E-state index contributed by atoms with van der Waals surface area (Å²) in [5.41, 5.74) is 1.69. The monoisotopic (exact) mass is 500 g/mol. The summed E-state index contributed by atoms with van der Waals surface area (Å²) in [4.78, 5) is 0. The zero-order valence-electron chi connectivity index (χ0n) is 24.2. The Labute approximate surface area is 222 Å². The molecule has 12 atom stereocenters. The Bertz CT molecular complexity index is 777. The van der Waals surface area contributed by atoms with Gasteiger partial charge in [-0.25, -0.2) is 0 Å². The van der Waals surface area contributed by atoms with E-state index >= 15 is 0 Å². The van der Waals surface area contributed by atoms with E-state index in [2.05, 4.69) is 27.7 Å². The SMILES string of the molecule is CO[C@@H]1C[C@H]2[C@@H]3CC[C@H]([C@H](C)CCC[C@H](C)COC4CCCCO4)[C@@]3(C)CC[C@@H]2[C@@]2(C)CC[C@@H]3C[C@]312. The van der Waals surface area contributed by atoms with Gasteiger partial charge in [0.15, 0.2) is 6.29 Å². The van der Waals surface area contributed by atoms with Crippen LogP contribution in [0.25, 0.3) is 0 Å². The lowest BCUT2D eigenvalue weighted by atomic mass is 9.45. The maximum absolute atomic E-state index is 6.34. The van der Waals surface area contributed by atoms with Gasteiger partial charge in [0.05, 0.1) is 12.7 Å². The molecule has 0 aromatic heterocycles. The van der Waals surface area contributed by atoms with Crippen LogP contribution in [0, 0.1) is 57.7 Å². The molecule has 1 unspecified atom stereocenters. The molecule has 6 rings (SSSR count). The van der Waals surface area contributed by atoms with Crippen molar-refractivity contribution in [2.24, 2.45) is 57.7 Å². The number of hydrogen-bond acceptors (Lipinski definition) is 3. The van der Waals surface area contributed by atoms with Crippen LogP contribution >= 0.6 is 0 Å². The highest BCUT2D eigenvalue weighted by molar-refractivity contribution is 5.26. The molecule has 206 valence electrons. The molecule has 3 heteroatoms. The summed E-state index contributed by atoms with van der Waals surface area (Å²) < 4.78 is 18.2. The Morgan fingerprint density at radius 3 is 2.56 bits per heavy atom. The Balaban J connectivity index is 1.04. The van der Waals surface area contributed by atoms with Crippen LogP contribution in [0.3, 0.4) is 0 Å². The van der Waals surface area contributed by atoms with Gasteiger partial charge in [0, 0.05) is 19.1 Å². The molecule has 36 heavy (non-hydrogen) atoms. The molecule has 0 amide bonds. The van der Waals surface area contributed by atoms with Gasteiger partial charge < -0.3 is 14.2 Å². The first-order chi connectivity index (χ1) is 17.3. The second-order valence-corrected chi connectivity index (χ2v) is 15.1. The van der Waals surface area contributed by atoms with Crippen LogP contribution in [0.15, 0.2) is 0 Å². The summed E-state index contributed by atoms with van der Waals surface area (Å²) in [6.45, 7) is 12.2. The van der Waals surface area contributed by atoms with E-state index < -0.39 is 0 Å². The quantitative estimate of drug-likeness (QED) is 0.319. The van der Waals surface area contributed by atoms with Gasteiger partial charge in [0.2, 0.25) is 0 Å². The normalized spacial score (nSPS) is 51.1. The standard InChI is InChI=1S/C33H56O3/c1-22(21-36-30-11-6-7-18-35-30)9-8-10-23(2)26-12-13-27-25-19-29(34-5)33-20-24(33)14-17-32(33,4)28(25)15-16-31(26,27)3/h22-30H,6-21H2,1-5H3/t22-,23+,24+,25-,26+,27-,28-,29+,30?,31+,32+,33-/m0/s1. The van der Waals surface area contributed by atoms with Crippen molar-refractivity contribution >= 4 is 0 Å². The number of hydrogen-bond donors (Lipinski definition) is 0. The van der Waals surface area contributed by atoms with Crippen LogP contribution < -0.4 is 0 Å². The number of ether oxygens (including phenoxy) is 3. The number of fused-ring (bicyclic) bond motifs is 4. The average molecular weight is 501 g/mol. The molecule has 1 heterocycles. The Morgan fingerprint density at radius 1 is 0.944 bits per heavy atom. The lowest BCUT2D eigenvalue weighted by Gasteiger charge is -2.61. The number of rotatable bonds is 9. The molecule has 3 nitrogen and oxygen atoms in total. The van der Waals surface area contributed by atoms with Gasteiger partial charge in [-0.15, -0.1) is 0 Å². The van der Waals surface area contributed by atoms with Crippen molar-refractivity contribution in [1.82, 2.24) is 0 Å². The van der Waals surface area contributed by atoms with E-state index in [4.69, 9.17) is 14.2 Å². The maximum atomic E-state index is 6.34. The van der Waals surface area contributed by atoms with Crippen molar-refractivity contribution in [3.63, 3.8) is 0 Å². The average Bonchev–Trinajstić information content (AvgIpc) is 3.39. The van der Waals surface area contributed by atoms with Crippen LogP contribution in [0.2, 0.25) is 0 Å². The topological polar surface area (TPSA) is 27.7 Å². The van der Waals surface area contributed by atoms with E-state index in [0.29, 0.717) is 28.3 Å². The Hall–Kier alpha value is -0.120. The fourth-order valence-electron chi connectivity index (χ4n) is 11.7. The van der Waals surface area contributed by atoms with E-state index in [9.17, 15) is 0 Å². The molecule has 5 saturated carbocycles. The summed E-state index contributed by atoms with van der Waals surface area (Å²) in [6.07, 6.45) is 20.0. The zero-order chi connectivity index (χ0) is 25.1. The minimum absolute atomic E-state index is 0.0651. The molecule has 5 aliphatic carbocycles. The molecule has 6 fully saturated rings. The first kappa shape index (κ1) is 26.1. The third kappa shape index (κ3) is 3.98. The van der Waals surface area contributed by atoms with Crippen molar-refractivity contribution in [3.8, 4) is 0 Å². The third-order valence-corrected chi connectivity index (χ3v) is 13.6. The molecule has 1 saturated heterocycles. The van der Waals surface area contributed by atoms with Gasteiger partial charge in [-0.05, 0) is 129 Å². The molecule has 0 aromatic rings. The predicted molar refractivity (Wildman–Crippen MR) is 146 cm³/mol. The summed E-state index contributed by atoms with van der Waals surface area (Å²) in [6, 6.07) is 0. The van der Waals surface area contributed by atoms with E-state index in [1.165, 1.54) is 83.5 Å². The minimum atomic E-state index is 0.0651. The van der Waals surface area contributed by atoms with E-state index in [1.54, 1.807) is 0 Å². The second-order valence-electron chi connectivity index (χ2n) is 15.1. The van der Waals surface area contributed by atoms with Gasteiger partial charge >= 0.3 is 0 Å². The van der Waals surface area contributed by atoms with Crippen molar-refractivity contribution in [3.05, 3.63) is 0 Å². The van der Waals surface area contributed by atoms with Crippen LogP contribution in [-0.2, 0) is 14.2 Å². The van der Waals surface area contributed by atoms with Crippen LogP contribution in [0.1, 0.15) is 118 Å². The van der Waals surface area contributed by atoms with Crippen LogP contribution in [0.5, 0.6) is 0 Å². The minimum Gasteiger partial charge on any atom is -0.381 e. The van der Waals surface area contributed by atoms with Gasteiger partial charge in [-0.3, -0.25) is 0 Å². The molecule has 0 aromatic carbocycles. The molecular weight excluding hydrogens is 444 g/mol. The van der Waals surface area contributed by atoms with Crippen molar-refractivity contribution < 1.29 is 14.2 Å². The number of methoxy groups -OCH3 is 1. The molecule has 0 radical (unpaired) electrons. The lowest BCUT2D eigenvalue weighted by Crippen LogP contribution is -2.57. The van der Waals surface area contributed by atoms with E-state index in [-0.39, 0.29) is 6.29 Å². The molecular formula is C33H56O3. The molecule has 0 N–H and O–H groups in total. The largest absolute Gasteiger partial charge is 0.381 e. The Kier molecular flexibility index (Phi) is 7.12. The van der Waals surface area contributed by atoms with E-state index in [1.807, 2.05) is 7.11 Å². The molecule has 6 aliphatic rings. The highest BCUT2D eigenvalue weighted by atomic mass is 16.7. The Morgan fingerprint density at radius 2 is 1.81 bits per heavy atom. The van der Waals surface area contributed by atoms with Gasteiger partial charge in [-0.2, -0.15) is 0 Å². The van der Waals surface area contributed by atoms with Gasteiger partial charge in [0.1, 0.15) is 0 Å². The smallest absolute Gasteiger partial charge is 0.157 e. The van der Waals surface area contributed by atoms with Crippen LogP contribution in [0.4, 0.5) is 0 Å². The highest BCUT2D eigenvalue weighted by Gasteiger charge is 2.77. The molecule has 1 aliphatic heterocycles. The summed E-state index contributed by atoms with van der Waals surface area (Å²) in [7, 11) is 2.03. The summed E-state index contributed by atoms with van der Waals surface area (Å²) in [5, 5.41) is 0. The van der Waals surface area contributed by atoms with Gasteiger partial charge in [0.25, 0.3) is 0 Å². The first-order valence-corrected chi connectivity index (χ1v) is 16.1. The zero-order valence-corrected chi connectivity index (χ0v) is 24.2. The maximum Gasteiger partial charge on any atom is 0.157 e. The fraction of sp³-hybridized carbons (Fsp3) is 1.00. The third-order valence-electron chi connectivity index (χ3n) is 13.6. The second kappa shape index (κ2) is 9.81. The summed E-state index contributed by atoms with van der Waals surface area (Å²) in [5.74, 6) is 6.24.